The molecule has 6 aromatic rings. The second kappa shape index (κ2) is 14.1. The van der Waals surface area contributed by atoms with E-state index in [-0.39, 0.29) is 5.97 Å². The lowest BCUT2D eigenvalue weighted by atomic mass is 9.77. The van der Waals surface area contributed by atoms with Crippen molar-refractivity contribution in [3.63, 3.8) is 0 Å². The molecule has 0 radical (unpaired) electrons. The fourth-order valence-corrected chi connectivity index (χ4v) is 7.33. The SMILES string of the molecule is CCCC[N+]1(C)N=C(C)C(C(=O)OC)=C1c1ccc(-c2ccccc2-c2nnn(C(c3ccccc3)(c3ccccc3)c3ccccc3)n2)cc1. The molecule has 0 saturated carbocycles. The molecule has 1 aliphatic rings. The average molecular weight is 674 g/mol. The van der Waals surface area contributed by atoms with Crippen LogP contribution in [-0.4, -0.2) is 57.2 Å². The van der Waals surface area contributed by atoms with E-state index in [0.29, 0.717) is 21.7 Å². The predicted molar refractivity (Wildman–Crippen MR) is 201 cm³/mol. The number of nitrogens with zero attached hydrogens (tertiary/aromatic N) is 6. The molecule has 2 heterocycles. The van der Waals surface area contributed by atoms with E-state index in [9.17, 15) is 4.79 Å². The zero-order valence-electron chi connectivity index (χ0n) is 29.4. The molecule has 0 amide bonds. The van der Waals surface area contributed by atoms with Gasteiger partial charge in [0.1, 0.15) is 17.8 Å². The number of hydrogen-bond donors (Lipinski definition) is 0. The van der Waals surface area contributed by atoms with Crippen molar-refractivity contribution >= 4 is 17.4 Å². The maximum atomic E-state index is 13.0. The average Bonchev–Trinajstić information content (AvgIpc) is 3.78. The Morgan fingerprint density at radius 3 is 1.76 bits per heavy atom. The molecule has 51 heavy (non-hydrogen) atoms. The molecule has 8 heteroatoms. The summed E-state index contributed by atoms with van der Waals surface area (Å²) in [4.78, 5) is 14.8. The Balaban J connectivity index is 1.33. The predicted octanol–water partition coefficient (Wildman–Crippen LogP) is 8.37. The Kier molecular flexibility index (Phi) is 9.26. The minimum Gasteiger partial charge on any atom is -0.465 e. The molecule has 1 aliphatic heterocycles. The molecule has 254 valence electrons. The molecule has 0 saturated heterocycles. The number of esters is 1. The highest BCUT2D eigenvalue weighted by Gasteiger charge is 2.43. The molecule has 5 aromatic carbocycles. The first kappa shape index (κ1) is 33.5. The lowest BCUT2D eigenvalue weighted by Gasteiger charge is -2.34. The highest BCUT2D eigenvalue weighted by atomic mass is 16.5. The number of methoxy groups -OCH3 is 1. The van der Waals surface area contributed by atoms with Gasteiger partial charge in [-0.25, -0.2) is 4.79 Å². The molecular weight excluding hydrogens is 633 g/mol. The maximum Gasteiger partial charge on any atom is 0.346 e. The third-order valence-electron chi connectivity index (χ3n) is 9.71. The molecule has 0 spiro atoms. The first-order valence-electron chi connectivity index (χ1n) is 17.3. The number of ether oxygens (including phenoxy) is 1. The van der Waals surface area contributed by atoms with Crippen molar-refractivity contribution in [1.82, 2.24) is 20.2 Å². The van der Waals surface area contributed by atoms with E-state index in [1.54, 1.807) is 4.80 Å². The number of carbonyl (C=O) groups is 1. The Morgan fingerprint density at radius 1 is 0.725 bits per heavy atom. The van der Waals surface area contributed by atoms with E-state index in [4.69, 9.17) is 25.2 Å². The van der Waals surface area contributed by atoms with E-state index in [2.05, 4.69) is 80.7 Å². The minimum absolute atomic E-state index is 0.305. The topological polar surface area (TPSA) is 82.3 Å². The van der Waals surface area contributed by atoms with Gasteiger partial charge in [-0.1, -0.05) is 146 Å². The maximum absolute atomic E-state index is 13.0. The molecule has 0 fully saturated rings. The van der Waals surface area contributed by atoms with Crippen molar-refractivity contribution in [3.05, 3.63) is 167 Å². The molecule has 8 nitrogen and oxygen atoms in total. The van der Waals surface area contributed by atoms with Gasteiger partial charge in [0.15, 0.2) is 11.2 Å². The molecule has 1 aromatic heterocycles. The van der Waals surface area contributed by atoms with Crippen molar-refractivity contribution in [1.29, 1.82) is 0 Å². The number of quaternary nitrogens is 1. The fraction of sp³-hybridized carbons (Fsp3) is 0.186. The molecule has 0 N–H and O–H groups in total. The molecule has 0 bridgehead atoms. The van der Waals surface area contributed by atoms with Gasteiger partial charge in [-0.15, -0.1) is 15.0 Å². The summed E-state index contributed by atoms with van der Waals surface area (Å²) in [6, 6.07) is 47.4. The Hall–Kier alpha value is -5.99. The number of tetrazole rings is 1. The number of carbonyl (C=O) groups excluding carboxylic acids is 1. The van der Waals surface area contributed by atoms with E-state index in [1.807, 2.05) is 79.7 Å². The van der Waals surface area contributed by atoms with Crippen LogP contribution < -0.4 is 0 Å². The molecular formula is C43H41N6O2+. The van der Waals surface area contributed by atoms with Gasteiger partial charge in [-0.05, 0) is 58.5 Å². The summed E-state index contributed by atoms with van der Waals surface area (Å²) in [6.45, 7) is 4.83. The second-order valence-electron chi connectivity index (χ2n) is 13.0. The van der Waals surface area contributed by atoms with Crippen LogP contribution in [0, 0.1) is 0 Å². The van der Waals surface area contributed by atoms with Crippen molar-refractivity contribution in [2.45, 2.75) is 32.2 Å². The van der Waals surface area contributed by atoms with Gasteiger partial charge in [0, 0.05) is 11.1 Å². The van der Waals surface area contributed by atoms with Crippen molar-refractivity contribution in [3.8, 4) is 22.5 Å². The molecule has 1 atom stereocenters. The van der Waals surface area contributed by atoms with E-state index >= 15 is 0 Å². The van der Waals surface area contributed by atoms with Crippen LogP contribution in [0.5, 0.6) is 0 Å². The summed E-state index contributed by atoms with van der Waals surface area (Å²) in [5.74, 6) is 0.145. The quantitative estimate of drug-likeness (QED) is 0.0784. The van der Waals surface area contributed by atoms with Crippen LogP contribution in [0.3, 0.4) is 0 Å². The van der Waals surface area contributed by atoms with Gasteiger partial charge >= 0.3 is 5.97 Å². The van der Waals surface area contributed by atoms with Gasteiger partial charge in [0.25, 0.3) is 0 Å². The van der Waals surface area contributed by atoms with Gasteiger partial charge in [-0.3, -0.25) is 0 Å². The van der Waals surface area contributed by atoms with Gasteiger partial charge in [0.05, 0.1) is 14.2 Å². The highest BCUT2D eigenvalue weighted by Crippen LogP contribution is 2.41. The summed E-state index contributed by atoms with van der Waals surface area (Å²) in [6.07, 6.45) is 2.01. The van der Waals surface area contributed by atoms with Crippen LogP contribution in [0.15, 0.2) is 150 Å². The first-order valence-corrected chi connectivity index (χ1v) is 17.3. The Morgan fingerprint density at radius 2 is 1.24 bits per heavy atom. The van der Waals surface area contributed by atoms with Crippen LogP contribution in [-0.2, 0) is 15.1 Å². The molecule has 0 aliphatic carbocycles. The van der Waals surface area contributed by atoms with E-state index in [0.717, 1.165) is 64.0 Å². The van der Waals surface area contributed by atoms with Crippen molar-refractivity contribution in [2.24, 2.45) is 5.10 Å². The number of hydrogen-bond acceptors (Lipinski definition) is 6. The van der Waals surface area contributed by atoms with Gasteiger partial charge in [-0.2, -0.15) is 4.59 Å². The number of unbranched alkanes of at least 4 members (excludes halogenated alkanes) is 1. The largest absolute Gasteiger partial charge is 0.465 e. The zero-order chi connectivity index (χ0) is 35.4. The van der Waals surface area contributed by atoms with Gasteiger partial charge in [0.2, 0.25) is 5.82 Å². The standard InChI is InChI=1S/C43H41N6O2/c1-5-6-30-49(3)40(39(31(2)46-49)42(50)51-4)33-28-26-32(27-29-33)37-24-16-17-25-38(37)41-44-47-48(45-41)43(34-18-10-7-11-19-34,35-20-12-8-13-21-35)36-22-14-9-15-23-36/h7-29H,5-6,30H2,1-4H3/q+1. The highest BCUT2D eigenvalue weighted by molar-refractivity contribution is 6.24. The Labute approximate surface area is 298 Å². The summed E-state index contributed by atoms with van der Waals surface area (Å²) < 4.78 is 5.52. The number of aromatic nitrogens is 4. The summed E-state index contributed by atoms with van der Waals surface area (Å²) in [7, 11) is 3.48. The number of rotatable bonds is 11. The van der Waals surface area contributed by atoms with Crippen LogP contribution in [0.4, 0.5) is 0 Å². The van der Waals surface area contributed by atoms with Crippen molar-refractivity contribution in [2.75, 3.05) is 20.7 Å². The lowest BCUT2D eigenvalue weighted by molar-refractivity contribution is -0.844. The third kappa shape index (κ3) is 5.98. The normalized spacial score (nSPS) is 15.9. The monoisotopic (exact) mass is 673 g/mol. The van der Waals surface area contributed by atoms with Crippen molar-refractivity contribution < 1.29 is 14.1 Å². The second-order valence-corrected chi connectivity index (χ2v) is 13.0. The third-order valence-corrected chi connectivity index (χ3v) is 9.71. The summed E-state index contributed by atoms with van der Waals surface area (Å²) in [5.41, 5.74) is 8.01. The van der Waals surface area contributed by atoms with Crippen LogP contribution in [0.1, 0.15) is 48.9 Å². The number of benzene rings is 5. The van der Waals surface area contributed by atoms with Gasteiger partial charge < -0.3 is 4.74 Å². The van der Waals surface area contributed by atoms with Crippen LogP contribution >= 0.6 is 0 Å². The minimum atomic E-state index is -0.874. The summed E-state index contributed by atoms with van der Waals surface area (Å²) >= 11 is 0. The summed E-state index contributed by atoms with van der Waals surface area (Å²) in [5, 5.41) is 19.6. The lowest BCUT2D eigenvalue weighted by Crippen LogP contribution is -2.39. The fourth-order valence-electron chi connectivity index (χ4n) is 7.33. The van der Waals surface area contributed by atoms with E-state index < -0.39 is 5.54 Å². The first-order chi connectivity index (χ1) is 24.9. The van der Waals surface area contributed by atoms with E-state index in [1.165, 1.54) is 7.11 Å². The van der Waals surface area contributed by atoms with Crippen LogP contribution in [0.2, 0.25) is 0 Å². The molecule has 1 unspecified atom stereocenters. The Bertz CT molecular complexity index is 2110. The molecule has 7 rings (SSSR count). The zero-order valence-corrected chi connectivity index (χ0v) is 29.4. The van der Waals surface area contributed by atoms with Crippen LogP contribution in [0.25, 0.3) is 28.2 Å². The smallest absolute Gasteiger partial charge is 0.346 e.